The lowest BCUT2D eigenvalue weighted by Crippen LogP contribution is -2.43. The molecule has 5 nitrogen and oxygen atoms in total. The molecule has 0 radical (unpaired) electrons. The van der Waals surface area contributed by atoms with Crippen molar-refractivity contribution in [3.63, 3.8) is 0 Å². The van der Waals surface area contributed by atoms with Gasteiger partial charge in [0.15, 0.2) is 0 Å². The number of alkyl halides is 3. The summed E-state index contributed by atoms with van der Waals surface area (Å²) in [7, 11) is -3.93. The van der Waals surface area contributed by atoms with E-state index < -0.39 is 28.2 Å². The van der Waals surface area contributed by atoms with Crippen molar-refractivity contribution in [1.82, 2.24) is 4.72 Å². The van der Waals surface area contributed by atoms with Gasteiger partial charge in [-0.05, 0) is 25.0 Å². The Morgan fingerprint density at radius 3 is 2.57 bits per heavy atom. The molecule has 1 aliphatic rings. The summed E-state index contributed by atoms with van der Waals surface area (Å²) in [5.41, 5.74) is 5.78. The molecule has 2 unspecified atom stereocenters. The van der Waals surface area contributed by atoms with E-state index in [4.69, 9.17) is 5.73 Å². The Bertz CT molecular complexity index is 604. The van der Waals surface area contributed by atoms with Gasteiger partial charge in [-0.1, -0.05) is 12.5 Å². The van der Waals surface area contributed by atoms with Crippen LogP contribution in [0, 0.1) is 0 Å². The summed E-state index contributed by atoms with van der Waals surface area (Å²) in [6, 6.07) is 3.57. The molecule has 2 atom stereocenters. The van der Waals surface area contributed by atoms with E-state index in [1.807, 2.05) is 0 Å². The number of nitrogens with two attached hydrogens (primary N) is 1. The molecule has 1 aliphatic carbocycles. The van der Waals surface area contributed by atoms with Crippen molar-refractivity contribution in [3.05, 3.63) is 24.3 Å². The SMILES string of the molecule is NC1CCCC1NS(=O)(=O)c1cccc(OC(F)(F)F)c1. The highest BCUT2D eigenvalue weighted by atomic mass is 32.2. The average Bonchev–Trinajstić information content (AvgIpc) is 2.72. The highest BCUT2D eigenvalue weighted by molar-refractivity contribution is 7.89. The Hall–Kier alpha value is -1.32. The molecule has 0 amide bonds. The fourth-order valence-corrected chi connectivity index (χ4v) is 3.60. The molecule has 1 aromatic rings. The molecule has 0 bridgehead atoms. The summed E-state index contributed by atoms with van der Waals surface area (Å²) >= 11 is 0. The van der Waals surface area contributed by atoms with Gasteiger partial charge >= 0.3 is 6.36 Å². The van der Waals surface area contributed by atoms with Crippen LogP contribution in [0.15, 0.2) is 29.2 Å². The minimum Gasteiger partial charge on any atom is -0.406 e. The lowest BCUT2D eigenvalue weighted by molar-refractivity contribution is -0.274. The first kappa shape index (κ1) is 16.1. The van der Waals surface area contributed by atoms with Crippen LogP contribution in [-0.4, -0.2) is 26.9 Å². The smallest absolute Gasteiger partial charge is 0.406 e. The maximum atomic E-state index is 12.1. The second kappa shape index (κ2) is 5.82. The topological polar surface area (TPSA) is 81.4 Å². The van der Waals surface area contributed by atoms with Crippen molar-refractivity contribution in [1.29, 1.82) is 0 Å². The quantitative estimate of drug-likeness (QED) is 0.884. The third-order valence-corrected chi connectivity index (χ3v) is 4.71. The van der Waals surface area contributed by atoms with Crippen molar-refractivity contribution in [2.24, 2.45) is 5.73 Å². The van der Waals surface area contributed by atoms with Crippen LogP contribution in [0.25, 0.3) is 0 Å². The van der Waals surface area contributed by atoms with Crippen LogP contribution >= 0.6 is 0 Å². The van der Waals surface area contributed by atoms with Crippen LogP contribution in [-0.2, 0) is 10.0 Å². The zero-order chi connectivity index (χ0) is 15.7. The normalized spacial score (nSPS) is 23.2. The van der Waals surface area contributed by atoms with Crippen molar-refractivity contribution >= 4 is 10.0 Å². The summed E-state index contributed by atoms with van der Waals surface area (Å²) in [6.07, 6.45) is -2.74. The number of halogens is 3. The Kier molecular flexibility index (Phi) is 4.45. The second-order valence-electron chi connectivity index (χ2n) is 4.85. The molecule has 0 heterocycles. The van der Waals surface area contributed by atoms with E-state index in [0.717, 1.165) is 18.6 Å². The first-order valence-electron chi connectivity index (χ1n) is 6.31. The minimum atomic E-state index is -4.87. The lowest BCUT2D eigenvalue weighted by atomic mass is 10.2. The number of sulfonamides is 1. The third-order valence-electron chi connectivity index (χ3n) is 3.23. The summed E-state index contributed by atoms with van der Waals surface area (Å²) < 4.78 is 66.9. The van der Waals surface area contributed by atoms with Gasteiger partial charge in [0, 0.05) is 18.2 Å². The molecule has 1 aromatic carbocycles. The number of rotatable bonds is 4. The van der Waals surface area contributed by atoms with Gasteiger partial charge in [-0.3, -0.25) is 0 Å². The van der Waals surface area contributed by atoms with Crippen LogP contribution in [0.5, 0.6) is 5.75 Å². The highest BCUT2D eigenvalue weighted by Gasteiger charge is 2.32. The second-order valence-corrected chi connectivity index (χ2v) is 6.56. The summed E-state index contributed by atoms with van der Waals surface area (Å²) in [4.78, 5) is -0.289. The molecule has 0 aliphatic heterocycles. The van der Waals surface area contributed by atoms with Crippen LogP contribution in [0.4, 0.5) is 13.2 Å². The van der Waals surface area contributed by atoms with E-state index in [2.05, 4.69) is 9.46 Å². The molecule has 118 valence electrons. The fourth-order valence-electron chi connectivity index (χ4n) is 2.24. The number of hydrogen-bond donors (Lipinski definition) is 2. The van der Waals surface area contributed by atoms with Gasteiger partial charge in [0.1, 0.15) is 5.75 Å². The Morgan fingerprint density at radius 2 is 2.00 bits per heavy atom. The van der Waals surface area contributed by atoms with Gasteiger partial charge in [0.25, 0.3) is 0 Å². The Labute approximate surface area is 120 Å². The summed E-state index contributed by atoms with van der Waals surface area (Å²) in [5, 5.41) is 0. The number of nitrogens with one attached hydrogen (secondary N) is 1. The number of benzene rings is 1. The Morgan fingerprint density at radius 1 is 1.29 bits per heavy atom. The Balaban J connectivity index is 2.18. The third kappa shape index (κ3) is 4.32. The van der Waals surface area contributed by atoms with E-state index in [9.17, 15) is 21.6 Å². The molecule has 3 N–H and O–H groups in total. The van der Waals surface area contributed by atoms with E-state index >= 15 is 0 Å². The fraction of sp³-hybridized carbons (Fsp3) is 0.500. The predicted molar refractivity (Wildman–Crippen MR) is 69.1 cm³/mol. The van der Waals surface area contributed by atoms with Crippen LogP contribution in [0.3, 0.4) is 0 Å². The lowest BCUT2D eigenvalue weighted by Gasteiger charge is -2.17. The average molecular weight is 324 g/mol. The molecular weight excluding hydrogens is 309 g/mol. The summed E-state index contributed by atoms with van der Waals surface area (Å²) in [5.74, 6) is -0.582. The molecule has 9 heteroatoms. The zero-order valence-corrected chi connectivity index (χ0v) is 11.7. The van der Waals surface area contributed by atoms with Crippen molar-refractivity contribution in [3.8, 4) is 5.75 Å². The largest absolute Gasteiger partial charge is 0.573 e. The minimum absolute atomic E-state index is 0.283. The molecule has 0 spiro atoms. The van der Waals surface area contributed by atoms with Gasteiger partial charge in [-0.25, -0.2) is 13.1 Å². The van der Waals surface area contributed by atoms with Gasteiger partial charge in [-0.2, -0.15) is 0 Å². The molecule has 1 fully saturated rings. The van der Waals surface area contributed by atoms with E-state index in [-0.39, 0.29) is 10.9 Å². The number of hydrogen-bond acceptors (Lipinski definition) is 4. The summed E-state index contributed by atoms with van der Waals surface area (Å²) in [6.45, 7) is 0. The monoisotopic (exact) mass is 324 g/mol. The molecule has 0 aromatic heterocycles. The first-order chi connectivity index (χ1) is 9.67. The van der Waals surface area contributed by atoms with E-state index in [0.29, 0.717) is 12.8 Å². The van der Waals surface area contributed by atoms with Crippen LogP contribution in [0.1, 0.15) is 19.3 Å². The molecule has 1 saturated carbocycles. The van der Waals surface area contributed by atoms with Gasteiger partial charge in [0.2, 0.25) is 10.0 Å². The standard InChI is InChI=1S/C12H15F3N2O3S/c13-12(14,15)20-8-3-1-4-9(7-8)21(18,19)17-11-6-2-5-10(11)16/h1,3-4,7,10-11,17H,2,5-6,16H2. The maximum Gasteiger partial charge on any atom is 0.573 e. The zero-order valence-electron chi connectivity index (χ0n) is 10.9. The predicted octanol–water partition coefficient (Wildman–Crippen LogP) is 1.74. The van der Waals surface area contributed by atoms with Crippen molar-refractivity contribution in [2.45, 2.75) is 42.6 Å². The molecule has 2 rings (SSSR count). The molecule has 0 saturated heterocycles. The van der Waals surface area contributed by atoms with Crippen LogP contribution in [0.2, 0.25) is 0 Å². The molecule has 21 heavy (non-hydrogen) atoms. The number of ether oxygens (including phenoxy) is 1. The van der Waals surface area contributed by atoms with Gasteiger partial charge < -0.3 is 10.5 Å². The van der Waals surface area contributed by atoms with Crippen molar-refractivity contribution < 1.29 is 26.3 Å². The van der Waals surface area contributed by atoms with Crippen LogP contribution < -0.4 is 15.2 Å². The highest BCUT2D eigenvalue weighted by Crippen LogP contribution is 2.26. The first-order valence-corrected chi connectivity index (χ1v) is 7.79. The van der Waals surface area contributed by atoms with Gasteiger partial charge in [0.05, 0.1) is 4.90 Å². The van der Waals surface area contributed by atoms with E-state index in [1.54, 1.807) is 0 Å². The van der Waals surface area contributed by atoms with Gasteiger partial charge in [-0.15, -0.1) is 13.2 Å². The van der Waals surface area contributed by atoms with Crippen molar-refractivity contribution in [2.75, 3.05) is 0 Å². The maximum absolute atomic E-state index is 12.1. The molecular formula is C12H15F3N2O3S. The van der Waals surface area contributed by atoms with E-state index in [1.165, 1.54) is 12.1 Å².